The van der Waals surface area contributed by atoms with Gasteiger partial charge < -0.3 is 4.74 Å². The number of hydrogen-bond acceptors (Lipinski definition) is 6. The summed E-state index contributed by atoms with van der Waals surface area (Å²) >= 11 is 17.1. The number of hydrogen-bond donors (Lipinski definition) is 0. The Labute approximate surface area is 158 Å². The van der Waals surface area contributed by atoms with Crippen LogP contribution in [-0.4, -0.2) is 23.4 Å². The first kappa shape index (κ1) is 17.9. The molecule has 0 radical (unpaired) electrons. The third kappa shape index (κ3) is 4.19. The van der Waals surface area contributed by atoms with Gasteiger partial charge in [0.25, 0.3) is 0 Å². The van der Waals surface area contributed by atoms with Gasteiger partial charge in [0.05, 0.1) is 9.79 Å². The first-order valence-corrected chi connectivity index (χ1v) is 9.32. The lowest BCUT2D eigenvalue weighted by Crippen LogP contribution is -2.02. The zero-order valence-corrected chi connectivity index (χ0v) is 15.3. The van der Waals surface area contributed by atoms with Crippen molar-refractivity contribution in [3.05, 3.63) is 64.1 Å². The molecule has 2 aromatic carbocycles. The third-order valence-corrected chi connectivity index (χ3v) is 5.40. The number of benzene rings is 2. The monoisotopic (exact) mass is 415 g/mol. The van der Waals surface area contributed by atoms with Crippen molar-refractivity contribution >= 4 is 44.6 Å². The first-order chi connectivity index (χ1) is 11.8. The number of aromatic nitrogens is 3. The van der Waals surface area contributed by atoms with E-state index in [1.54, 1.807) is 0 Å². The Morgan fingerprint density at radius 3 is 1.72 bits per heavy atom. The van der Waals surface area contributed by atoms with E-state index in [-0.39, 0.29) is 26.4 Å². The van der Waals surface area contributed by atoms with Gasteiger partial charge in [-0.15, -0.1) is 0 Å². The van der Waals surface area contributed by atoms with Crippen LogP contribution in [0.4, 0.5) is 0 Å². The summed E-state index contributed by atoms with van der Waals surface area (Å²) in [7, 11) is -3.66. The minimum Gasteiger partial charge on any atom is -0.424 e. The molecule has 0 spiro atoms. The van der Waals surface area contributed by atoms with E-state index < -0.39 is 9.84 Å². The van der Waals surface area contributed by atoms with E-state index in [1.807, 2.05) is 0 Å². The standard InChI is InChI=1S/C15H8Cl3N3O3S/c16-9-1-5-11(6-2-9)25(22,23)12-7-3-10(4-8-12)24-15-20-13(17)19-14(18)21-15/h1-8H. The van der Waals surface area contributed by atoms with Crippen LogP contribution in [0.25, 0.3) is 0 Å². The summed E-state index contributed by atoms with van der Waals surface area (Å²) in [6, 6.07) is 11.6. The summed E-state index contributed by atoms with van der Waals surface area (Å²) in [4.78, 5) is 11.4. The number of rotatable bonds is 4. The Bertz CT molecular complexity index is 990. The molecular weight excluding hydrogens is 409 g/mol. The molecule has 25 heavy (non-hydrogen) atoms. The minimum absolute atomic E-state index is 0.0988. The van der Waals surface area contributed by atoms with Crippen molar-refractivity contribution in [1.29, 1.82) is 0 Å². The van der Waals surface area contributed by atoms with E-state index in [2.05, 4.69) is 15.0 Å². The van der Waals surface area contributed by atoms with E-state index in [0.717, 1.165) is 0 Å². The van der Waals surface area contributed by atoms with Gasteiger partial charge in [-0.2, -0.15) is 15.0 Å². The van der Waals surface area contributed by atoms with Crippen molar-refractivity contribution in [1.82, 2.24) is 15.0 Å². The van der Waals surface area contributed by atoms with Gasteiger partial charge in [-0.1, -0.05) is 11.6 Å². The Balaban J connectivity index is 1.85. The van der Waals surface area contributed by atoms with Gasteiger partial charge in [-0.25, -0.2) is 8.42 Å². The summed E-state index contributed by atoms with van der Waals surface area (Å²) in [6.45, 7) is 0. The van der Waals surface area contributed by atoms with Gasteiger partial charge in [-0.3, -0.25) is 0 Å². The Morgan fingerprint density at radius 2 is 1.20 bits per heavy atom. The average Bonchev–Trinajstić information content (AvgIpc) is 2.55. The maximum Gasteiger partial charge on any atom is 0.327 e. The van der Waals surface area contributed by atoms with Crippen LogP contribution in [0.5, 0.6) is 11.8 Å². The summed E-state index contributed by atoms with van der Waals surface area (Å²) in [6.07, 6.45) is 0. The predicted octanol–water partition coefficient (Wildman–Crippen LogP) is 4.46. The summed E-state index contributed by atoms with van der Waals surface area (Å²) in [5.74, 6) is 0.313. The fraction of sp³-hybridized carbons (Fsp3) is 0. The smallest absolute Gasteiger partial charge is 0.327 e. The molecule has 0 bridgehead atoms. The Morgan fingerprint density at radius 1 is 0.720 bits per heavy atom. The second kappa shape index (κ2) is 7.13. The molecule has 0 atom stereocenters. The van der Waals surface area contributed by atoms with Crippen LogP contribution in [0.2, 0.25) is 15.6 Å². The van der Waals surface area contributed by atoms with Crippen LogP contribution < -0.4 is 4.74 Å². The molecule has 128 valence electrons. The highest BCUT2D eigenvalue weighted by atomic mass is 35.5. The summed E-state index contributed by atoms with van der Waals surface area (Å²) in [5.41, 5.74) is 0. The lowest BCUT2D eigenvalue weighted by Gasteiger charge is -2.07. The van der Waals surface area contributed by atoms with Gasteiger partial charge in [0.2, 0.25) is 20.4 Å². The number of sulfone groups is 1. The molecule has 0 amide bonds. The molecule has 0 aliphatic heterocycles. The molecule has 0 aliphatic carbocycles. The average molecular weight is 417 g/mol. The number of halogens is 3. The molecule has 0 unspecified atom stereocenters. The molecule has 6 nitrogen and oxygen atoms in total. The topological polar surface area (TPSA) is 82.0 Å². The first-order valence-electron chi connectivity index (χ1n) is 6.70. The van der Waals surface area contributed by atoms with Gasteiger partial charge in [0.1, 0.15) is 5.75 Å². The lowest BCUT2D eigenvalue weighted by molar-refractivity contribution is 0.439. The number of ether oxygens (including phenoxy) is 1. The SMILES string of the molecule is O=S(=O)(c1ccc(Cl)cc1)c1ccc(Oc2nc(Cl)nc(Cl)n2)cc1. The van der Waals surface area contributed by atoms with Gasteiger partial charge in [-0.05, 0) is 71.7 Å². The van der Waals surface area contributed by atoms with E-state index in [9.17, 15) is 8.42 Å². The van der Waals surface area contributed by atoms with Crippen LogP contribution in [0, 0.1) is 0 Å². The molecule has 0 saturated heterocycles. The minimum atomic E-state index is -3.66. The van der Waals surface area contributed by atoms with Gasteiger partial charge in [0.15, 0.2) is 0 Å². The van der Waals surface area contributed by atoms with Crippen molar-refractivity contribution in [2.45, 2.75) is 9.79 Å². The molecule has 0 fully saturated rings. The Kier molecular flexibility index (Phi) is 5.10. The maximum atomic E-state index is 12.6. The van der Waals surface area contributed by atoms with Gasteiger partial charge in [0, 0.05) is 5.02 Å². The highest BCUT2D eigenvalue weighted by molar-refractivity contribution is 7.91. The fourth-order valence-corrected chi connectivity index (χ4v) is 3.63. The molecular formula is C15H8Cl3N3O3S. The van der Waals surface area contributed by atoms with Crippen molar-refractivity contribution in [2.24, 2.45) is 0 Å². The van der Waals surface area contributed by atoms with E-state index in [4.69, 9.17) is 39.5 Å². The normalized spacial score (nSPS) is 11.3. The molecule has 10 heteroatoms. The maximum absolute atomic E-state index is 12.6. The lowest BCUT2D eigenvalue weighted by atomic mass is 10.3. The van der Waals surface area contributed by atoms with Crippen LogP contribution in [-0.2, 0) is 9.84 Å². The molecule has 0 aliphatic rings. The molecule has 0 saturated carbocycles. The second-order valence-electron chi connectivity index (χ2n) is 4.69. The van der Waals surface area contributed by atoms with Crippen LogP contribution >= 0.6 is 34.8 Å². The molecule has 3 aromatic rings. The molecule has 1 heterocycles. The largest absolute Gasteiger partial charge is 0.424 e. The molecule has 3 rings (SSSR count). The van der Waals surface area contributed by atoms with Crippen molar-refractivity contribution in [2.75, 3.05) is 0 Å². The van der Waals surface area contributed by atoms with Crippen molar-refractivity contribution in [3.63, 3.8) is 0 Å². The van der Waals surface area contributed by atoms with Crippen molar-refractivity contribution in [3.8, 4) is 11.8 Å². The van der Waals surface area contributed by atoms with Crippen molar-refractivity contribution < 1.29 is 13.2 Å². The third-order valence-electron chi connectivity index (χ3n) is 3.03. The predicted molar refractivity (Wildman–Crippen MR) is 93.3 cm³/mol. The highest BCUT2D eigenvalue weighted by Crippen LogP contribution is 2.26. The van der Waals surface area contributed by atoms with E-state index >= 15 is 0 Å². The highest BCUT2D eigenvalue weighted by Gasteiger charge is 2.17. The molecule has 0 N–H and O–H groups in total. The Hall–Kier alpha value is -1.93. The second-order valence-corrected chi connectivity index (χ2v) is 7.75. The van der Waals surface area contributed by atoms with Crippen LogP contribution in [0.3, 0.4) is 0 Å². The van der Waals surface area contributed by atoms with Gasteiger partial charge >= 0.3 is 6.01 Å². The van der Waals surface area contributed by atoms with Crippen LogP contribution in [0.15, 0.2) is 58.3 Å². The fourth-order valence-electron chi connectivity index (χ4n) is 1.90. The zero-order valence-electron chi connectivity index (χ0n) is 12.2. The molecule has 1 aromatic heterocycles. The zero-order chi connectivity index (χ0) is 18.0. The quantitative estimate of drug-likeness (QED) is 0.624. The van der Waals surface area contributed by atoms with Crippen LogP contribution in [0.1, 0.15) is 0 Å². The summed E-state index contributed by atoms with van der Waals surface area (Å²) < 4.78 is 30.5. The van der Waals surface area contributed by atoms with E-state index in [1.165, 1.54) is 48.5 Å². The number of nitrogens with zero attached hydrogens (tertiary/aromatic N) is 3. The summed E-state index contributed by atoms with van der Waals surface area (Å²) in [5, 5.41) is 0.228. The van der Waals surface area contributed by atoms with E-state index in [0.29, 0.717) is 10.8 Å².